The molecule has 3 rings (SSSR count). The first kappa shape index (κ1) is 22.4. The normalized spacial score (nSPS) is 11.4. The summed E-state index contributed by atoms with van der Waals surface area (Å²) in [4.78, 5) is 3.94. The Bertz CT molecular complexity index is 904. The van der Waals surface area contributed by atoms with Gasteiger partial charge in [0.05, 0.1) is 6.54 Å². The van der Waals surface area contributed by atoms with Crippen molar-refractivity contribution in [1.82, 2.24) is 25.2 Å². The number of aromatic nitrogens is 3. The van der Waals surface area contributed by atoms with Crippen LogP contribution in [0.3, 0.4) is 0 Å². The Balaban J connectivity index is 1.73. The number of nitrogens with zero attached hydrogens (tertiary/aromatic N) is 4. The minimum atomic E-state index is -0.350. The first-order valence-corrected chi connectivity index (χ1v) is 10.9. The molecule has 0 aliphatic heterocycles. The van der Waals surface area contributed by atoms with Crippen LogP contribution in [-0.2, 0) is 13.1 Å². The summed E-state index contributed by atoms with van der Waals surface area (Å²) in [5, 5.41) is 13.1. The van der Waals surface area contributed by atoms with Crippen molar-refractivity contribution in [1.29, 1.82) is 0 Å². The van der Waals surface area contributed by atoms with E-state index in [1.807, 2.05) is 30.3 Å². The molecule has 3 aromatic rings. The summed E-state index contributed by atoms with van der Waals surface area (Å²) in [6.07, 6.45) is 1.07. The molecule has 0 radical (unpaired) electrons. The van der Waals surface area contributed by atoms with E-state index in [1.165, 1.54) is 10.9 Å². The monoisotopic (exact) mass is 429 g/mol. The van der Waals surface area contributed by atoms with Gasteiger partial charge in [0.2, 0.25) is 0 Å². The van der Waals surface area contributed by atoms with E-state index in [4.69, 9.17) is 11.6 Å². The second-order valence-corrected chi connectivity index (χ2v) is 7.56. The van der Waals surface area contributed by atoms with Gasteiger partial charge in [0.15, 0.2) is 0 Å². The van der Waals surface area contributed by atoms with Crippen molar-refractivity contribution in [2.24, 2.45) is 0 Å². The highest BCUT2D eigenvalue weighted by molar-refractivity contribution is 6.31. The third-order valence-corrected chi connectivity index (χ3v) is 5.50. The molecule has 0 saturated carbocycles. The Morgan fingerprint density at radius 2 is 1.80 bits per heavy atom. The third kappa shape index (κ3) is 5.88. The van der Waals surface area contributed by atoms with Gasteiger partial charge in [0.25, 0.3) is 0 Å². The Morgan fingerprint density at radius 3 is 2.50 bits per heavy atom. The standard InChI is InChI=1S/C23H29ClFN5/c1-3-29(4-2)15-9-14-26-16-22-23(18-10-6-5-7-11-18)28-30(27-22)17-19-20(24)12-8-13-21(19)25/h5-8,10-13,26H,3-4,9,14-17H2,1-2H3. The maximum absolute atomic E-state index is 14.2. The molecule has 1 aromatic heterocycles. The Labute approximate surface area is 182 Å². The van der Waals surface area contributed by atoms with Gasteiger partial charge in [0.1, 0.15) is 17.2 Å². The van der Waals surface area contributed by atoms with Gasteiger partial charge in [-0.25, -0.2) is 4.39 Å². The van der Waals surface area contributed by atoms with Gasteiger partial charge in [-0.2, -0.15) is 15.0 Å². The molecule has 0 saturated heterocycles. The SMILES string of the molecule is CCN(CC)CCCNCc1nn(Cc2c(F)cccc2Cl)nc1-c1ccccc1. The van der Waals surface area contributed by atoms with Crippen molar-refractivity contribution in [3.63, 3.8) is 0 Å². The number of hydrogen-bond acceptors (Lipinski definition) is 4. The van der Waals surface area contributed by atoms with Crippen LogP contribution >= 0.6 is 11.6 Å². The summed E-state index contributed by atoms with van der Waals surface area (Å²) >= 11 is 6.19. The van der Waals surface area contributed by atoms with E-state index in [9.17, 15) is 4.39 Å². The summed E-state index contributed by atoms with van der Waals surface area (Å²) in [6, 6.07) is 14.6. The van der Waals surface area contributed by atoms with E-state index in [2.05, 4.69) is 34.3 Å². The first-order valence-electron chi connectivity index (χ1n) is 10.5. The van der Waals surface area contributed by atoms with Crippen LogP contribution in [-0.4, -0.2) is 46.1 Å². The third-order valence-electron chi connectivity index (χ3n) is 5.15. The van der Waals surface area contributed by atoms with Crippen molar-refractivity contribution >= 4 is 11.6 Å². The maximum Gasteiger partial charge on any atom is 0.129 e. The lowest BCUT2D eigenvalue weighted by Crippen LogP contribution is -2.27. The molecule has 0 bridgehead atoms. The molecular formula is C23H29ClFN5. The number of halogens is 2. The van der Waals surface area contributed by atoms with Crippen molar-refractivity contribution in [2.45, 2.75) is 33.4 Å². The fourth-order valence-electron chi connectivity index (χ4n) is 3.39. The summed E-state index contributed by atoms with van der Waals surface area (Å²) in [7, 11) is 0. The van der Waals surface area contributed by atoms with Crippen LogP contribution in [0.4, 0.5) is 4.39 Å². The lowest BCUT2D eigenvalue weighted by atomic mass is 10.1. The van der Waals surface area contributed by atoms with Crippen LogP contribution in [0.5, 0.6) is 0 Å². The zero-order valence-corrected chi connectivity index (χ0v) is 18.4. The smallest absolute Gasteiger partial charge is 0.129 e. The van der Waals surface area contributed by atoms with E-state index in [0.717, 1.165) is 49.6 Å². The van der Waals surface area contributed by atoms with Gasteiger partial charge < -0.3 is 10.2 Å². The van der Waals surface area contributed by atoms with E-state index in [1.54, 1.807) is 12.1 Å². The molecule has 1 N–H and O–H groups in total. The molecule has 0 unspecified atom stereocenters. The van der Waals surface area contributed by atoms with E-state index < -0.39 is 0 Å². The molecular weight excluding hydrogens is 401 g/mol. The molecule has 0 atom stereocenters. The van der Waals surface area contributed by atoms with Crippen LogP contribution in [0.2, 0.25) is 5.02 Å². The first-order chi connectivity index (χ1) is 14.6. The van der Waals surface area contributed by atoms with E-state index >= 15 is 0 Å². The average molecular weight is 430 g/mol. The Kier molecular flexibility index (Phi) is 8.37. The molecule has 0 fully saturated rings. The number of nitrogens with one attached hydrogen (secondary N) is 1. The topological polar surface area (TPSA) is 46.0 Å². The van der Waals surface area contributed by atoms with Crippen molar-refractivity contribution in [3.05, 3.63) is 70.6 Å². The predicted molar refractivity (Wildman–Crippen MR) is 120 cm³/mol. The molecule has 7 heteroatoms. The molecule has 1 heterocycles. The second kappa shape index (κ2) is 11.2. The van der Waals surface area contributed by atoms with E-state index in [-0.39, 0.29) is 12.4 Å². The fraction of sp³-hybridized carbons (Fsp3) is 0.391. The number of rotatable bonds is 11. The highest BCUT2D eigenvalue weighted by Gasteiger charge is 2.15. The molecule has 5 nitrogen and oxygen atoms in total. The lowest BCUT2D eigenvalue weighted by Gasteiger charge is -2.17. The number of hydrogen-bond donors (Lipinski definition) is 1. The van der Waals surface area contributed by atoms with Gasteiger partial charge in [-0.15, -0.1) is 0 Å². The second-order valence-electron chi connectivity index (χ2n) is 7.15. The van der Waals surface area contributed by atoms with Crippen LogP contribution in [0, 0.1) is 5.82 Å². The summed E-state index contributed by atoms with van der Waals surface area (Å²) < 4.78 is 14.2. The van der Waals surface area contributed by atoms with Crippen LogP contribution in [0.25, 0.3) is 11.3 Å². The Hall–Kier alpha value is -2.28. The molecule has 0 spiro atoms. The van der Waals surface area contributed by atoms with Crippen molar-refractivity contribution in [2.75, 3.05) is 26.2 Å². The molecule has 2 aromatic carbocycles. The average Bonchev–Trinajstić information content (AvgIpc) is 3.17. The molecule has 30 heavy (non-hydrogen) atoms. The highest BCUT2D eigenvalue weighted by Crippen LogP contribution is 2.23. The fourth-order valence-corrected chi connectivity index (χ4v) is 3.61. The zero-order valence-electron chi connectivity index (χ0n) is 17.6. The van der Waals surface area contributed by atoms with Crippen LogP contribution in [0.15, 0.2) is 48.5 Å². The summed E-state index contributed by atoms with van der Waals surface area (Å²) in [6.45, 7) is 9.27. The van der Waals surface area contributed by atoms with Crippen molar-refractivity contribution in [3.8, 4) is 11.3 Å². The molecule has 0 aliphatic rings. The van der Waals surface area contributed by atoms with Gasteiger partial charge >= 0.3 is 0 Å². The number of benzene rings is 2. The quantitative estimate of drug-likeness (QED) is 0.452. The minimum Gasteiger partial charge on any atom is -0.311 e. The zero-order chi connectivity index (χ0) is 21.3. The largest absolute Gasteiger partial charge is 0.311 e. The predicted octanol–water partition coefficient (Wildman–Crippen LogP) is 4.61. The van der Waals surface area contributed by atoms with Gasteiger partial charge in [-0.05, 0) is 44.7 Å². The summed E-state index contributed by atoms with van der Waals surface area (Å²) in [5.41, 5.74) is 3.03. The molecule has 160 valence electrons. The molecule has 0 aliphatic carbocycles. The maximum atomic E-state index is 14.2. The van der Waals surface area contributed by atoms with Crippen molar-refractivity contribution < 1.29 is 4.39 Å². The van der Waals surface area contributed by atoms with Crippen LogP contribution in [0.1, 0.15) is 31.5 Å². The lowest BCUT2D eigenvalue weighted by molar-refractivity contribution is 0.298. The highest BCUT2D eigenvalue weighted by atomic mass is 35.5. The van der Waals surface area contributed by atoms with Gasteiger partial charge in [-0.1, -0.05) is 61.8 Å². The van der Waals surface area contributed by atoms with Crippen LogP contribution < -0.4 is 5.32 Å². The van der Waals surface area contributed by atoms with Gasteiger partial charge in [-0.3, -0.25) is 0 Å². The van der Waals surface area contributed by atoms with E-state index in [0.29, 0.717) is 17.1 Å². The van der Waals surface area contributed by atoms with Gasteiger partial charge in [0, 0.05) is 22.7 Å². The Morgan fingerprint density at radius 1 is 1.03 bits per heavy atom. The summed E-state index contributed by atoms with van der Waals surface area (Å²) in [5.74, 6) is -0.350. The minimum absolute atomic E-state index is 0.188. The molecule has 0 amide bonds.